The van der Waals surface area contributed by atoms with E-state index < -0.39 is 17.6 Å². The molecule has 0 fully saturated rings. The Morgan fingerprint density at radius 3 is 2.44 bits per heavy atom. The topological polar surface area (TPSA) is 89.6 Å². The van der Waals surface area contributed by atoms with Gasteiger partial charge in [-0.1, -0.05) is 0 Å². The van der Waals surface area contributed by atoms with Gasteiger partial charge in [-0.15, -0.1) is 0 Å². The zero-order chi connectivity index (χ0) is 17.8. The van der Waals surface area contributed by atoms with Crippen molar-refractivity contribution >= 4 is 27.7 Å². The SMILES string of the molecule is NC(=O)c1nn(-c2ccc(C(F)(F)F)cc2)c2c1ccc1[nH]ncc12. The third kappa shape index (κ3) is 2.32. The van der Waals surface area contributed by atoms with Gasteiger partial charge in [0.2, 0.25) is 0 Å². The number of hydrogen-bond donors (Lipinski definition) is 2. The Balaban J connectivity index is 2.00. The summed E-state index contributed by atoms with van der Waals surface area (Å²) < 4.78 is 39.7. The summed E-state index contributed by atoms with van der Waals surface area (Å²) in [6.45, 7) is 0. The average Bonchev–Trinajstić information content (AvgIpc) is 3.18. The fraction of sp³-hybridized carbons (Fsp3) is 0.0625. The van der Waals surface area contributed by atoms with Crippen LogP contribution in [0.5, 0.6) is 0 Å². The lowest BCUT2D eigenvalue weighted by Crippen LogP contribution is -2.12. The van der Waals surface area contributed by atoms with Gasteiger partial charge in [-0.3, -0.25) is 9.89 Å². The number of nitrogens with two attached hydrogens (primary N) is 1. The molecule has 0 radical (unpaired) electrons. The van der Waals surface area contributed by atoms with Crippen molar-refractivity contribution in [2.24, 2.45) is 5.73 Å². The van der Waals surface area contributed by atoms with E-state index in [1.165, 1.54) is 16.8 Å². The molecule has 2 heterocycles. The molecule has 2 aromatic carbocycles. The number of aromatic nitrogens is 4. The number of alkyl halides is 3. The normalized spacial score (nSPS) is 12.1. The zero-order valence-electron chi connectivity index (χ0n) is 12.5. The maximum Gasteiger partial charge on any atom is 0.416 e. The second-order valence-corrected chi connectivity index (χ2v) is 5.46. The van der Waals surface area contributed by atoms with Crippen LogP contribution >= 0.6 is 0 Å². The number of aromatic amines is 1. The van der Waals surface area contributed by atoms with Crippen molar-refractivity contribution in [3.63, 3.8) is 0 Å². The second-order valence-electron chi connectivity index (χ2n) is 5.46. The Labute approximate surface area is 138 Å². The zero-order valence-corrected chi connectivity index (χ0v) is 12.5. The fourth-order valence-corrected chi connectivity index (χ4v) is 2.79. The van der Waals surface area contributed by atoms with Crippen LogP contribution in [0, 0.1) is 0 Å². The molecule has 0 unspecified atom stereocenters. The van der Waals surface area contributed by atoms with Gasteiger partial charge in [-0.2, -0.15) is 23.4 Å². The van der Waals surface area contributed by atoms with Gasteiger partial charge >= 0.3 is 6.18 Å². The monoisotopic (exact) mass is 345 g/mol. The van der Waals surface area contributed by atoms with Gasteiger partial charge in [0.25, 0.3) is 5.91 Å². The lowest BCUT2D eigenvalue weighted by molar-refractivity contribution is -0.137. The van der Waals surface area contributed by atoms with Crippen LogP contribution < -0.4 is 5.73 Å². The van der Waals surface area contributed by atoms with Crippen LogP contribution in [0.15, 0.2) is 42.6 Å². The van der Waals surface area contributed by atoms with Crippen molar-refractivity contribution in [3.8, 4) is 5.69 Å². The van der Waals surface area contributed by atoms with Crippen LogP contribution in [0.25, 0.3) is 27.5 Å². The van der Waals surface area contributed by atoms with Crippen LogP contribution in [0.4, 0.5) is 13.2 Å². The Morgan fingerprint density at radius 1 is 1.08 bits per heavy atom. The summed E-state index contributed by atoms with van der Waals surface area (Å²) in [5.41, 5.74) is 6.28. The number of primary amides is 1. The summed E-state index contributed by atoms with van der Waals surface area (Å²) in [7, 11) is 0. The second kappa shape index (κ2) is 5.07. The predicted molar refractivity (Wildman–Crippen MR) is 84.2 cm³/mol. The number of carbonyl (C=O) groups excluding carboxylic acids is 1. The van der Waals surface area contributed by atoms with E-state index in [0.717, 1.165) is 12.1 Å². The minimum absolute atomic E-state index is 0.0398. The molecule has 9 heteroatoms. The Hall–Kier alpha value is -3.36. The molecule has 4 aromatic rings. The average molecular weight is 345 g/mol. The molecule has 0 bridgehead atoms. The Kier molecular flexibility index (Phi) is 3.08. The van der Waals surface area contributed by atoms with Crippen molar-refractivity contribution in [2.45, 2.75) is 6.18 Å². The number of amides is 1. The van der Waals surface area contributed by atoms with Crippen LogP contribution in [0.2, 0.25) is 0 Å². The molecule has 25 heavy (non-hydrogen) atoms. The van der Waals surface area contributed by atoms with E-state index in [0.29, 0.717) is 27.5 Å². The van der Waals surface area contributed by atoms with E-state index in [-0.39, 0.29) is 5.69 Å². The Bertz CT molecular complexity index is 1110. The summed E-state index contributed by atoms with van der Waals surface area (Å²) in [6, 6.07) is 7.90. The number of H-pyrrole nitrogens is 1. The predicted octanol–water partition coefficient (Wildman–Crippen LogP) is 3.02. The molecule has 0 atom stereocenters. The van der Waals surface area contributed by atoms with E-state index in [2.05, 4.69) is 15.3 Å². The number of benzene rings is 2. The first kappa shape index (κ1) is 15.2. The maximum atomic E-state index is 12.8. The number of nitrogens with zero attached hydrogens (tertiary/aromatic N) is 3. The van der Waals surface area contributed by atoms with Gasteiger partial charge in [-0.05, 0) is 36.4 Å². The molecule has 4 rings (SSSR count). The van der Waals surface area contributed by atoms with Crippen molar-refractivity contribution < 1.29 is 18.0 Å². The van der Waals surface area contributed by atoms with Gasteiger partial charge in [0.1, 0.15) is 0 Å². The highest BCUT2D eigenvalue weighted by molar-refractivity contribution is 6.12. The van der Waals surface area contributed by atoms with E-state index >= 15 is 0 Å². The molecular weight excluding hydrogens is 335 g/mol. The molecule has 0 spiro atoms. The van der Waals surface area contributed by atoms with Crippen molar-refractivity contribution in [1.82, 2.24) is 20.0 Å². The van der Waals surface area contributed by atoms with Crippen LogP contribution in [0.3, 0.4) is 0 Å². The van der Waals surface area contributed by atoms with E-state index in [9.17, 15) is 18.0 Å². The number of rotatable bonds is 2. The molecule has 126 valence electrons. The standard InChI is InChI=1S/C16H10F3N5O/c17-16(18,19)8-1-3-9(4-2-8)24-14-10(13(23-24)15(20)25)5-6-12-11(14)7-21-22-12/h1-7H,(H2,20,25)(H,21,22). The number of fused-ring (bicyclic) bond motifs is 3. The molecule has 6 nitrogen and oxygen atoms in total. The van der Waals surface area contributed by atoms with Gasteiger partial charge in [0, 0.05) is 10.8 Å². The lowest BCUT2D eigenvalue weighted by atomic mass is 10.1. The summed E-state index contributed by atoms with van der Waals surface area (Å²) >= 11 is 0. The summed E-state index contributed by atoms with van der Waals surface area (Å²) in [5.74, 6) is -0.724. The van der Waals surface area contributed by atoms with Crippen LogP contribution in [0.1, 0.15) is 16.1 Å². The summed E-state index contributed by atoms with van der Waals surface area (Å²) in [5, 5.41) is 12.1. The first-order valence-electron chi connectivity index (χ1n) is 7.18. The molecule has 1 amide bonds. The largest absolute Gasteiger partial charge is 0.416 e. The van der Waals surface area contributed by atoms with Crippen LogP contribution in [-0.4, -0.2) is 25.9 Å². The molecule has 0 aliphatic rings. The quantitative estimate of drug-likeness (QED) is 0.585. The first-order chi connectivity index (χ1) is 11.9. The summed E-state index contributed by atoms with van der Waals surface area (Å²) in [6.07, 6.45) is -2.87. The number of carbonyl (C=O) groups is 1. The number of halogens is 3. The van der Waals surface area contributed by atoms with Crippen molar-refractivity contribution in [2.75, 3.05) is 0 Å². The van der Waals surface area contributed by atoms with Gasteiger partial charge in [0.05, 0.1) is 28.5 Å². The lowest BCUT2D eigenvalue weighted by Gasteiger charge is -2.08. The maximum absolute atomic E-state index is 12.8. The third-order valence-corrected chi connectivity index (χ3v) is 3.94. The molecule has 0 saturated carbocycles. The molecule has 2 aromatic heterocycles. The fourth-order valence-electron chi connectivity index (χ4n) is 2.79. The van der Waals surface area contributed by atoms with E-state index in [4.69, 9.17) is 5.73 Å². The smallest absolute Gasteiger partial charge is 0.364 e. The van der Waals surface area contributed by atoms with Crippen LogP contribution in [-0.2, 0) is 6.18 Å². The van der Waals surface area contributed by atoms with Crippen molar-refractivity contribution in [1.29, 1.82) is 0 Å². The van der Waals surface area contributed by atoms with Crippen molar-refractivity contribution in [3.05, 3.63) is 53.9 Å². The summed E-state index contributed by atoms with van der Waals surface area (Å²) in [4.78, 5) is 11.7. The first-order valence-corrected chi connectivity index (χ1v) is 7.18. The minimum atomic E-state index is -4.43. The van der Waals surface area contributed by atoms with Gasteiger partial charge in [-0.25, -0.2) is 4.68 Å². The minimum Gasteiger partial charge on any atom is -0.364 e. The highest BCUT2D eigenvalue weighted by Gasteiger charge is 2.30. The van der Waals surface area contributed by atoms with Gasteiger partial charge < -0.3 is 5.73 Å². The molecule has 0 aliphatic carbocycles. The molecule has 0 saturated heterocycles. The van der Waals surface area contributed by atoms with E-state index in [1.54, 1.807) is 18.3 Å². The molecular formula is C16H10F3N5O. The number of hydrogen-bond acceptors (Lipinski definition) is 3. The molecule has 3 N–H and O–H groups in total. The number of nitrogens with one attached hydrogen (secondary N) is 1. The highest BCUT2D eigenvalue weighted by atomic mass is 19.4. The highest BCUT2D eigenvalue weighted by Crippen LogP contribution is 2.32. The Morgan fingerprint density at radius 2 is 1.80 bits per heavy atom. The van der Waals surface area contributed by atoms with E-state index in [1.807, 2.05) is 0 Å². The third-order valence-electron chi connectivity index (χ3n) is 3.94. The molecule has 0 aliphatic heterocycles. The van der Waals surface area contributed by atoms with Gasteiger partial charge in [0.15, 0.2) is 5.69 Å².